The van der Waals surface area contributed by atoms with Crippen molar-refractivity contribution in [3.05, 3.63) is 54.1 Å². The second kappa shape index (κ2) is 5.46. The van der Waals surface area contributed by atoms with Gasteiger partial charge in [-0.1, -0.05) is 6.07 Å². The van der Waals surface area contributed by atoms with Gasteiger partial charge in [0.1, 0.15) is 28.0 Å². The molecule has 0 aliphatic rings. The second-order valence-corrected chi connectivity index (χ2v) is 5.37. The first-order chi connectivity index (χ1) is 9.40. The van der Waals surface area contributed by atoms with Crippen LogP contribution in [0.25, 0.3) is 0 Å². The van der Waals surface area contributed by atoms with Crippen molar-refractivity contribution >= 4 is 10.1 Å². The molecule has 0 aromatic heterocycles. The molecule has 2 aromatic rings. The van der Waals surface area contributed by atoms with Crippen LogP contribution in [0.4, 0.5) is 8.78 Å². The van der Waals surface area contributed by atoms with Gasteiger partial charge in [-0.2, -0.15) is 8.42 Å². The van der Waals surface area contributed by atoms with Crippen molar-refractivity contribution in [3.8, 4) is 11.5 Å². The number of ether oxygens (including phenoxy) is 1. The van der Waals surface area contributed by atoms with Crippen molar-refractivity contribution in [2.45, 2.75) is 4.90 Å². The molecule has 0 amide bonds. The Labute approximate surface area is 114 Å². The van der Waals surface area contributed by atoms with Crippen LogP contribution in [0.5, 0.6) is 11.5 Å². The molecule has 4 nitrogen and oxygen atoms in total. The van der Waals surface area contributed by atoms with Crippen LogP contribution in [0.2, 0.25) is 0 Å². The van der Waals surface area contributed by atoms with Crippen molar-refractivity contribution in [2.75, 3.05) is 7.11 Å². The minimum absolute atomic E-state index is 0.0194. The molecule has 106 valence electrons. The lowest BCUT2D eigenvalue weighted by Crippen LogP contribution is -2.10. The number of benzene rings is 2. The van der Waals surface area contributed by atoms with Crippen LogP contribution in [0, 0.1) is 11.6 Å². The zero-order valence-electron chi connectivity index (χ0n) is 10.3. The zero-order valence-corrected chi connectivity index (χ0v) is 11.2. The molecule has 0 fully saturated rings. The normalized spacial score (nSPS) is 11.2. The minimum atomic E-state index is -4.32. The molecule has 0 radical (unpaired) electrons. The fourth-order valence-corrected chi connectivity index (χ4v) is 2.47. The largest absolute Gasteiger partial charge is 0.497 e. The zero-order chi connectivity index (χ0) is 14.8. The third kappa shape index (κ3) is 3.24. The summed E-state index contributed by atoms with van der Waals surface area (Å²) in [7, 11) is -2.91. The van der Waals surface area contributed by atoms with E-state index in [2.05, 4.69) is 0 Å². The molecular formula is C13H10F2O4S. The van der Waals surface area contributed by atoms with Crippen LogP contribution in [-0.2, 0) is 10.1 Å². The molecule has 0 atom stereocenters. The molecule has 0 saturated heterocycles. The van der Waals surface area contributed by atoms with Crippen LogP contribution in [0.1, 0.15) is 0 Å². The number of halogens is 2. The highest BCUT2D eigenvalue weighted by Gasteiger charge is 2.19. The van der Waals surface area contributed by atoms with E-state index < -0.39 is 26.6 Å². The van der Waals surface area contributed by atoms with E-state index in [0.29, 0.717) is 23.9 Å². The number of hydrogen-bond acceptors (Lipinski definition) is 4. The summed E-state index contributed by atoms with van der Waals surface area (Å²) in [5.74, 6) is -1.63. The first-order valence-electron chi connectivity index (χ1n) is 5.45. The second-order valence-electron chi connectivity index (χ2n) is 3.82. The Morgan fingerprint density at radius 2 is 1.55 bits per heavy atom. The summed E-state index contributed by atoms with van der Waals surface area (Å²) in [5, 5.41) is 0. The topological polar surface area (TPSA) is 52.6 Å². The maximum absolute atomic E-state index is 13.0. The smallest absolute Gasteiger partial charge is 0.339 e. The fraction of sp³-hybridized carbons (Fsp3) is 0.0769. The predicted octanol–water partition coefficient (Wildman–Crippen LogP) is 2.74. The molecule has 20 heavy (non-hydrogen) atoms. The highest BCUT2D eigenvalue weighted by molar-refractivity contribution is 7.87. The lowest BCUT2D eigenvalue weighted by molar-refractivity contribution is 0.411. The number of rotatable bonds is 4. The summed E-state index contributed by atoms with van der Waals surface area (Å²) in [6.07, 6.45) is 0. The highest BCUT2D eigenvalue weighted by atomic mass is 32.2. The van der Waals surface area contributed by atoms with Crippen LogP contribution >= 0.6 is 0 Å². The molecule has 0 saturated carbocycles. The van der Waals surface area contributed by atoms with Crippen LogP contribution < -0.4 is 8.92 Å². The quantitative estimate of drug-likeness (QED) is 0.815. The van der Waals surface area contributed by atoms with Gasteiger partial charge in [0.05, 0.1) is 7.11 Å². The maximum Gasteiger partial charge on any atom is 0.339 e. The Bertz CT molecular complexity index is 709. The van der Waals surface area contributed by atoms with Crippen molar-refractivity contribution in [1.29, 1.82) is 0 Å². The Balaban J connectivity index is 2.35. The van der Waals surface area contributed by atoms with E-state index in [1.54, 1.807) is 6.07 Å². The van der Waals surface area contributed by atoms with Gasteiger partial charge in [0, 0.05) is 12.1 Å². The van der Waals surface area contributed by atoms with Gasteiger partial charge in [0.2, 0.25) is 0 Å². The van der Waals surface area contributed by atoms with E-state index >= 15 is 0 Å². The fourth-order valence-electron chi connectivity index (χ4n) is 1.50. The van der Waals surface area contributed by atoms with Crippen molar-refractivity contribution in [3.63, 3.8) is 0 Å². The third-order valence-corrected chi connectivity index (χ3v) is 3.60. The van der Waals surface area contributed by atoms with E-state index in [9.17, 15) is 17.2 Å². The maximum atomic E-state index is 13.0. The molecule has 7 heteroatoms. The van der Waals surface area contributed by atoms with Gasteiger partial charge in [-0.15, -0.1) is 0 Å². The van der Waals surface area contributed by atoms with Crippen molar-refractivity contribution in [2.24, 2.45) is 0 Å². The van der Waals surface area contributed by atoms with Crippen molar-refractivity contribution < 1.29 is 26.1 Å². The minimum Gasteiger partial charge on any atom is -0.497 e. The van der Waals surface area contributed by atoms with Gasteiger partial charge < -0.3 is 8.92 Å². The van der Waals surface area contributed by atoms with Gasteiger partial charge in [-0.25, -0.2) is 8.78 Å². The Hall–Kier alpha value is -2.15. The molecule has 2 aromatic carbocycles. The summed E-state index contributed by atoms with van der Waals surface area (Å²) in [5.41, 5.74) is 0. The van der Waals surface area contributed by atoms with Gasteiger partial charge in [0.25, 0.3) is 0 Å². The van der Waals surface area contributed by atoms with E-state index in [1.165, 1.54) is 25.3 Å². The predicted molar refractivity (Wildman–Crippen MR) is 67.2 cm³/mol. The van der Waals surface area contributed by atoms with E-state index in [-0.39, 0.29) is 5.75 Å². The third-order valence-electron chi connectivity index (χ3n) is 2.37. The molecule has 0 aliphatic heterocycles. The molecule has 0 bridgehead atoms. The number of methoxy groups -OCH3 is 1. The van der Waals surface area contributed by atoms with Crippen LogP contribution in [0.3, 0.4) is 0 Å². The van der Waals surface area contributed by atoms with E-state index in [0.717, 1.165) is 0 Å². The average Bonchev–Trinajstić information content (AvgIpc) is 2.37. The molecular weight excluding hydrogens is 290 g/mol. The average molecular weight is 300 g/mol. The summed E-state index contributed by atoms with van der Waals surface area (Å²) in [6.45, 7) is 0. The Morgan fingerprint density at radius 1 is 0.950 bits per heavy atom. The molecule has 0 unspecified atom stereocenters. The Kier molecular flexibility index (Phi) is 3.89. The molecule has 0 heterocycles. The summed E-state index contributed by atoms with van der Waals surface area (Å²) in [6, 6.07) is 7.78. The first kappa shape index (κ1) is 14.3. The molecule has 2 rings (SSSR count). The lowest BCUT2D eigenvalue weighted by Gasteiger charge is -2.08. The van der Waals surface area contributed by atoms with E-state index in [1.807, 2.05) is 0 Å². The first-order valence-corrected chi connectivity index (χ1v) is 6.86. The molecule has 0 N–H and O–H groups in total. The van der Waals surface area contributed by atoms with Crippen molar-refractivity contribution in [1.82, 2.24) is 0 Å². The number of hydrogen-bond donors (Lipinski definition) is 0. The summed E-state index contributed by atoms with van der Waals surface area (Å²) >= 11 is 0. The monoisotopic (exact) mass is 300 g/mol. The van der Waals surface area contributed by atoms with Gasteiger partial charge in [-0.3, -0.25) is 0 Å². The Morgan fingerprint density at radius 3 is 2.15 bits per heavy atom. The van der Waals surface area contributed by atoms with Gasteiger partial charge >= 0.3 is 10.1 Å². The van der Waals surface area contributed by atoms with E-state index in [4.69, 9.17) is 8.92 Å². The summed E-state index contributed by atoms with van der Waals surface area (Å²) < 4.78 is 59.6. The molecule has 0 aliphatic carbocycles. The SMILES string of the molecule is COc1cccc(OS(=O)(=O)c2cc(F)cc(F)c2)c1. The van der Waals surface area contributed by atoms with Crippen LogP contribution in [-0.4, -0.2) is 15.5 Å². The van der Waals surface area contributed by atoms with Gasteiger partial charge in [-0.05, 0) is 24.3 Å². The van der Waals surface area contributed by atoms with Crippen LogP contribution in [0.15, 0.2) is 47.4 Å². The lowest BCUT2D eigenvalue weighted by atomic mass is 10.3. The molecule has 0 spiro atoms. The highest BCUT2D eigenvalue weighted by Crippen LogP contribution is 2.23. The summed E-state index contributed by atoms with van der Waals surface area (Å²) in [4.78, 5) is -0.599. The standard InChI is InChI=1S/C13H10F2O4S/c1-18-11-3-2-4-12(8-11)19-20(16,17)13-6-9(14)5-10(15)7-13/h2-8H,1H3. The van der Waals surface area contributed by atoms with Gasteiger partial charge in [0.15, 0.2) is 0 Å².